The molecular formula is C23H27N3O5. The summed E-state index contributed by atoms with van der Waals surface area (Å²) in [5.41, 5.74) is 2.30. The van der Waals surface area contributed by atoms with Crippen molar-refractivity contribution in [3.05, 3.63) is 48.0 Å². The summed E-state index contributed by atoms with van der Waals surface area (Å²) in [7, 11) is 1.53. The molecule has 2 aromatic carbocycles. The van der Waals surface area contributed by atoms with Crippen molar-refractivity contribution in [2.24, 2.45) is 0 Å². The molecule has 0 bridgehead atoms. The van der Waals surface area contributed by atoms with Crippen LogP contribution in [-0.2, 0) is 20.8 Å². The third kappa shape index (κ3) is 5.97. The Morgan fingerprint density at radius 2 is 1.97 bits per heavy atom. The van der Waals surface area contributed by atoms with Crippen molar-refractivity contribution in [1.29, 1.82) is 0 Å². The van der Waals surface area contributed by atoms with E-state index in [0.717, 1.165) is 11.3 Å². The quantitative estimate of drug-likeness (QED) is 0.644. The molecule has 1 aliphatic rings. The zero-order valence-electron chi connectivity index (χ0n) is 17.8. The van der Waals surface area contributed by atoms with Gasteiger partial charge in [0.05, 0.1) is 19.3 Å². The van der Waals surface area contributed by atoms with Crippen LogP contribution >= 0.6 is 0 Å². The number of rotatable bonds is 9. The summed E-state index contributed by atoms with van der Waals surface area (Å²) in [6.45, 7) is 2.13. The van der Waals surface area contributed by atoms with E-state index in [1.165, 1.54) is 12.0 Å². The maximum absolute atomic E-state index is 12.7. The molecule has 0 atom stereocenters. The Balaban J connectivity index is 1.57. The van der Waals surface area contributed by atoms with Crippen LogP contribution in [0.3, 0.4) is 0 Å². The second-order valence-electron chi connectivity index (χ2n) is 7.22. The Kier molecular flexibility index (Phi) is 7.48. The lowest BCUT2D eigenvalue weighted by molar-refractivity contribution is -0.136. The van der Waals surface area contributed by atoms with E-state index in [1.54, 1.807) is 30.3 Å². The standard InChI is InChI=1S/C23H27N3O5/c1-3-12-26(14-22(28)25-19-6-4-5-7-20(19)30-2)23(29)15-31-17-9-10-18-16(13-17)8-11-21(27)24-18/h4-7,9-10,13H,3,8,11-12,14-15H2,1-2H3,(H,24,27)(H,25,28). The summed E-state index contributed by atoms with van der Waals surface area (Å²) in [4.78, 5) is 38.1. The van der Waals surface area contributed by atoms with Gasteiger partial charge in [-0.1, -0.05) is 19.1 Å². The Morgan fingerprint density at radius 1 is 1.16 bits per heavy atom. The Morgan fingerprint density at radius 3 is 2.74 bits per heavy atom. The Bertz CT molecular complexity index is 960. The average molecular weight is 425 g/mol. The van der Waals surface area contributed by atoms with Gasteiger partial charge in [-0.05, 0) is 48.7 Å². The number of para-hydroxylation sites is 2. The molecule has 0 aliphatic carbocycles. The highest BCUT2D eigenvalue weighted by Crippen LogP contribution is 2.27. The van der Waals surface area contributed by atoms with Crippen LogP contribution in [0.2, 0.25) is 0 Å². The molecule has 2 N–H and O–H groups in total. The number of carbonyl (C=O) groups excluding carboxylic acids is 3. The summed E-state index contributed by atoms with van der Waals surface area (Å²) in [6.07, 6.45) is 1.78. The van der Waals surface area contributed by atoms with Crippen molar-refractivity contribution < 1.29 is 23.9 Å². The lowest BCUT2D eigenvalue weighted by Crippen LogP contribution is -2.41. The summed E-state index contributed by atoms with van der Waals surface area (Å²) < 4.78 is 10.9. The molecule has 2 aromatic rings. The van der Waals surface area contributed by atoms with Crippen molar-refractivity contribution in [2.45, 2.75) is 26.2 Å². The van der Waals surface area contributed by atoms with E-state index < -0.39 is 0 Å². The topological polar surface area (TPSA) is 97.0 Å². The lowest BCUT2D eigenvalue weighted by Gasteiger charge is -2.22. The normalized spacial score (nSPS) is 12.4. The zero-order valence-corrected chi connectivity index (χ0v) is 17.8. The first-order valence-electron chi connectivity index (χ1n) is 10.3. The molecule has 0 radical (unpaired) electrons. The van der Waals surface area contributed by atoms with Gasteiger partial charge in [0.25, 0.3) is 5.91 Å². The minimum atomic E-state index is -0.309. The number of ether oxygens (including phenoxy) is 2. The fourth-order valence-corrected chi connectivity index (χ4v) is 3.36. The molecule has 0 fully saturated rings. The van der Waals surface area contributed by atoms with Crippen LogP contribution in [0, 0.1) is 0 Å². The molecule has 8 nitrogen and oxygen atoms in total. The first kappa shape index (κ1) is 22.1. The van der Waals surface area contributed by atoms with Crippen molar-refractivity contribution >= 4 is 29.1 Å². The van der Waals surface area contributed by atoms with E-state index in [1.807, 2.05) is 19.1 Å². The van der Waals surface area contributed by atoms with E-state index in [-0.39, 0.29) is 30.9 Å². The number of benzene rings is 2. The maximum Gasteiger partial charge on any atom is 0.260 e. The molecule has 31 heavy (non-hydrogen) atoms. The number of anilines is 2. The molecule has 0 saturated heterocycles. The molecule has 0 spiro atoms. The van der Waals surface area contributed by atoms with Gasteiger partial charge in [0, 0.05) is 18.7 Å². The monoisotopic (exact) mass is 425 g/mol. The number of amides is 3. The molecule has 8 heteroatoms. The van der Waals surface area contributed by atoms with Crippen molar-refractivity contribution in [1.82, 2.24) is 4.90 Å². The number of fused-ring (bicyclic) bond motifs is 1. The molecule has 1 aliphatic heterocycles. The van der Waals surface area contributed by atoms with Crippen LogP contribution in [0.5, 0.6) is 11.5 Å². The lowest BCUT2D eigenvalue weighted by atomic mass is 10.0. The predicted octanol–water partition coefficient (Wildman–Crippen LogP) is 2.84. The number of carbonyl (C=O) groups is 3. The number of hydrogen-bond donors (Lipinski definition) is 2. The first-order chi connectivity index (χ1) is 15.0. The molecule has 0 unspecified atom stereocenters. The van der Waals surface area contributed by atoms with E-state index in [2.05, 4.69) is 10.6 Å². The number of nitrogens with one attached hydrogen (secondary N) is 2. The molecule has 3 rings (SSSR count). The average Bonchev–Trinajstić information content (AvgIpc) is 2.77. The van der Waals surface area contributed by atoms with Gasteiger partial charge in [-0.25, -0.2) is 0 Å². The van der Waals surface area contributed by atoms with Gasteiger partial charge in [-0.15, -0.1) is 0 Å². The molecular weight excluding hydrogens is 398 g/mol. The van der Waals surface area contributed by atoms with Crippen LogP contribution < -0.4 is 20.1 Å². The number of methoxy groups -OCH3 is 1. The highest BCUT2D eigenvalue weighted by molar-refractivity contribution is 5.96. The molecule has 0 aromatic heterocycles. The Labute approximate surface area is 181 Å². The number of aryl methyl sites for hydroxylation is 1. The van der Waals surface area contributed by atoms with Crippen molar-refractivity contribution in [2.75, 3.05) is 37.4 Å². The van der Waals surface area contributed by atoms with Gasteiger partial charge < -0.3 is 25.0 Å². The highest BCUT2D eigenvalue weighted by Gasteiger charge is 2.19. The molecule has 3 amide bonds. The van der Waals surface area contributed by atoms with E-state index in [9.17, 15) is 14.4 Å². The minimum Gasteiger partial charge on any atom is -0.495 e. The zero-order chi connectivity index (χ0) is 22.2. The summed E-state index contributed by atoms with van der Waals surface area (Å²) in [5.74, 6) is 0.520. The smallest absolute Gasteiger partial charge is 0.260 e. The molecule has 1 heterocycles. The van der Waals surface area contributed by atoms with Gasteiger partial charge in [-0.2, -0.15) is 0 Å². The maximum atomic E-state index is 12.7. The van der Waals surface area contributed by atoms with Gasteiger partial charge in [0.2, 0.25) is 11.8 Å². The van der Waals surface area contributed by atoms with Gasteiger partial charge in [-0.3, -0.25) is 14.4 Å². The number of nitrogens with zero attached hydrogens (tertiary/aromatic N) is 1. The minimum absolute atomic E-state index is 0.00190. The van der Waals surface area contributed by atoms with E-state index in [0.29, 0.717) is 43.0 Å². The molecule has 164 valence electrons. The van der Waals surface area contributed by atoms with Crippen molar-refractivity contribution in [3.8, 4) is 11.5 Å². The van der Waals surface area contributed by atoms with Crippen LogP contribution in [0.25, 0.3) is 0 Å². The van der Waals surface area contributed by atoms with Crippen LogP contribution in [-0.4, -0.2) is 49.4 Å². The SMILES string of the molecule is CCCN(CC(=O)Nc1ccccc1OC)C(=O)COc1ccc2c(c1)CCC(=O)N2. The highest BCUT2D eigenvalue weighted by atomic mass is 16.5. The van der Waals surface area contributed by atoms with Crippen LogP contribution in [0.15, 0.2) is 42.5 Å². The third-order valence-corrected chi connectivity index (χ3v) is 4.90. The van der Waals surface area contributed by atoms with Crippen molar-refractivity contribution in [3.63, 3.8) is 0 Å². The van der Waals surface area contributed by atoms with E-state index >= 15 is 0 Å². The fraction of sp³-hybridized carbons (Fsp3) is 0.348. The first-order valence-corrected chi connectivity index (χ1v) is 10.3. The van der Waals surface area contributed by atoms with E-state index in [4.69, 9.17) is 9.47 Å². The summed E-state index contributed by atoms with van der Waals surface area (Å²) in [5, 5.41) is 5.60. The third-order valence-electron chi connectivity index (χ3n) is 4.90. The largest absolute Gasteiger partial charge is 0.495 e. The Hall–Kier alpha value is -3.55. The second kappa shape index (κ2) is 10.5. The van der Waals surface area contributed by atoms with Gasteiger partial charge >= 0.3 is 0 Å². The summed E-state index contributed by atoms with van der Waals surface area (Å²) in [6, 6.07) is 12.4. The van der Waals surface area contributed by atoms with Crippen LogP contribution in [0.4, 0.5) is 11.4 Å². The summed E-state index contributed by atoms with van der Waals surface area (Å²) >= 11 is 0. The second-order valence-corrected chi connectivity index (χ2v) is 7.22. The van der Waals surface area contributed by atoms with Gasteiger partial charge in [0.15, 0.2) is 6.61 Å². The van der Waals surface area contributed by atoms with Gasteiger partial charge in [0.1, 0.15) is 11.5 Å². The number of hydrogen-bond acceptors (Lipinski definition) is 5. The van der Waals surface area contributed by atoms with Crippen LogP contribution in [0.1, 0.15) is 25.3 Å². The predicted molar refractivity (Wildman–Crippen MR) is 117 cm³/mol. The fourth-order valence-electron chi connectivity index (χ4n) is 3.36. The molecule has 0 saturated carbocycles.